The first kappa shape index (κ1) is 18.1. The van der Waals surface area contributed by atoms with E-state index in [0.717, 1.165) is 18.5 Å². The molecule has 0 aliphatic carbocycles. The highest BCUT2D eigenvalue weighted by Crippen LogP contribution is 2.14. The number of aromatic nitrogens is 2. The van der Waals surface area contributed by atoms with Gasteiger partial charge in [-0.05, 0) is 45.7 Å². The molecule has 0 aromatic carbocycles. The maximum atomic E-state index is 12.7. The van der Waals surface area contributed by atoms with Crippen LogP contribution >= 0.6 is 0 Å². The maximum Gasteiger partial charge on any atom is 0.344 e. The zero-order chi connectivity index (χ0) is 18.8. The molecule has 1 aliphatic rings. The van der Waals surface area contributed by atoms with Crippen molar-refractivity contribution in [3.8, 4) is 0 Å². The molecule has 2 aromatic rings. The smallest absolute Gasteiger partial charge is 0.344 e. The third kappa shape index (κ3) is 3.34. The summed E-state index contributed by atoms with van der Waals surface area (Å²) in [5.41, 5.74) is 0.823. The van der Waals surface area contributed by atoms with Gasteiger partial charge in [-0.1, -0.05) is 0 Å². The lowest BCUT2D eigenvalue weighted by Crippen LogP contribution is -2.38. The molecule has 3 rings (SSSR count). The lowest BCUT2D eigenvalue weighted by molar-refractivity contribution is -0.138. The summed E-state index contributed by atoms with van der Waals surface area (Å²) in [6.45, 7) is 7.22. The van der Waals surface area contributed by atoms with Crippen molar-refractivity contribution in [2.75, 3.05) is 13.1 Å². The highest BCUT2D eigenvalue weighted by molar-refractivity contribution is 5.95. The number of fused-ring (bicyclic) bond motifs is 1. The van der Waals surface area contributed by atoms with Crippen molar-refractivity contribution < 1.29 is 14.3 Å². The molecule has 0 bridgehead atoms. The monoisotopic (exact) mass is 357 g/mol. The minimum absolute atomic E-state index is 0.0777. The maximum absolute atomic E-state index is 12.7. The van der Waals surface area contributed by atoms with Gasteiger partial charge in [-0.3, -0.25) is 9.59 Å². The van der Waals surface area contributed by atoms with Crippen molar-refractivity contribution in [3.05, 3.63) is 39.8 Å². The van der Waals surface area contributed by atoms with Gasteiger partial charge < -0.3 is 14.2 Å². The van der Waals surface area contributed by atoms with E-state index in [1.165, 1.54) is 6.20 Å². The summed E-state index contributed by atoms with van der Waals surface area (Å²) in [7, 11) is 0. The number of carbonyl (C=O) groups is 2. The van der Waals surface area contributed by atoms with Gasteiger partial charge in [-0.25, -0.2) is 9.78 Å². The summed E-state index contributed by atoms with van der Waals surface area (Å²) in [5, 5.41) is 0.366. The van der Waals surface area contributed by atoms with E-state index >= 15 is 0 Å². The summed E-state index contributed by atoms with van der Waals surface area (Å²) in [5.74, 6) is -0.996. The first-order chi connectivity index (χ1) is 12.4. The highest BCUT2D eigenvalue weighted by Gasteiger charge is 2.27. The van der Waals surface area contributed by atoms with Crippen LogP contribution in [0.4, 0.5) is 0 Å². The minimum atomic E-state index is -0.915. The van der Waals surface area contributed by atoms with E-state index in [2.05, 4.69) is 4.98 Å². The van der Waals surface area contributed by atoms with Crippen molar-refractivity contribution in [1.82, 2.24) is 14.5 Å². The summed E-state index contributed by atoms with van der Waals surface area (Å²) in [6.07, 6.45) is 2.48. The third-order valence-electron chi connectivity index (χ3n) is 4.67. The standard InChI is InChI=1S/C19H23N3O4/c1-4-21-11-15(16(23)14-8-7-12(2)20-17(14)21)19(25)26-13(3)18(24)22-9-5-6-10-22/h7-8,11,13H,4-6,9-10H2,1-3H3. The zero-order valence-electron chi connectivity index (χ0n) is 15.3. The molecule has 1 amide bonds. The molecule has 2 aromatic heterocycles. The predicted octanol–water partition coefficient (Wildman–Crippen LogP) is 1.89. The topological polar surface area (TPSA) is 81.5 Å². The molecule has 1 saturated heterocycles. The molecule has 0 spiro atoms. The molecular formula is C19H23N3O4. The van der Waals surface area contributed by atoms with Crippen molar-refractivity contribution in [2.24, 2.45) is 0 Å². The zero-order valence-corrected chi connectivity index (χ0v) is 15.3. The van der Waals surface area contributed by atoms with Crippen molar-refractivity contribution in [3.63, 3.8) is 0 Å². The van der Waals surface area contributed by atoms with Crippen LogP contribution in [0.15, 0.2) is 23.1 Å². The fraction of sp³-hybridized carbons (Fsp3) is 0.474. The molecule has 7 heteroatoms. The average molecular weight is 357 g/mol. The first-order valence-corrected chi connectivity index (χ1v) is 8.93. The molecule has 1 atom stereocenters. The number of esters is 1. The fourth-order valence-electron chi connectivity index (χ4n) is 3.22. The molecule has 0 N–H and O–H groups in total. The Morgan fingerprint density at radius 2 is 1.96 bits per heavy atom. The minimum Gasteiger partial charge on any atom is -0.449 e. The van der Waals surface area contributed by atoms with E-state index < -0.39 is 17.5 Å². The number of hydrogen-bond acceptors (Lipinski definition) is 5. The van der Waals surface area contributed by atoms with Crippen LogP contribution in [-0.4, -0.2) is 45.5 Å². The summed E-state index contributed by atoms with van der Waals surface area (Å²) in [6, 6.07) is 3.40. The third-order valence-corrected chi connectivity index (χ3v) is 4.67. The Kier molecular flexibility index (Phi) is 5.06. The van der Waals surface area contributed by atoms with E-state index in [4.69, 9.17) is 4.74 Å². The molecule has 1 aliphatic heterocycles. The normalized spacial score (nSPS) is 15.3. The van der Waals surface area contributed by atoms with Crippen LogP contribution in [-0.2, 0) is 16.1 Å². The summed E-state index contributed by atoms with van der Waals surface area (Å²) >= 11 is 0. The number of hydrogen-bond donors (Lipinski definition) is 0. The van der Waals surface area contributed by atoms with Crippen LogP contribution < -0.4 is 5.43 Å². The Morgan fingerprint density at radius 3 is 2.62 bits per heavy atom. The first-order valence-electron chi connectivity index (χ1n) is 8.93. The number of likely N-dealkylation sites (tertiary alicyclic amines) is 1. The second-order valence-electron chi connectivity index (χ2n) is 6.56. The number of rotatable bonds is 4. The largest absolute Gasteiger partial charge is 0.449 e. The predicted molar refractivity (Wildman–Crippen MR) is 97.1 cm³/mol. The Labute approximate surface area is 151 Å². The number of ether oxygens (including phenoxy) is 1. The van der Waals surface area contributed by atoms with Crippen LogP contribution in [0.5, 0.6) is 0 Å². The molecule has 1 fully saturated rings. The van der Waals surface area contributed by atoms with Gasteiger partial charge in [0.15, 0.2) is 6.10 Å². The Hall–Kier alpha value is -2.70. The second-order valence-corrected chi connectivity index (χ2v) is 6.56. The van der Waals surface area contributed by atoms with Gasteiger partial charge in [0, 0.05) is 31.5 Å². The number of carbonyl (C=O) groups excluding carboxylic acids is 2. The van der Waals surface area contributed by atoms with E-state index in [1.54, 1.807) is 28.5 Å². The van der Waals surface area contributed by atoms with Crippen molar-refractivity contribution in [2.45, 2.75) is 46.3 Å². The molecule has 7 nitrogen and oxygen atoms in total. The lowest BCUT2D eigenvalue weighted by Gasteiger charge is -2.20. The summed E-state index contributed by atoms with van der Waals surface area (Å²) in [4.78, 5) is 43.7. The SMILES string of the molecule is CCn1cc(C(=O)OC(C)C(=O)N2CCCC2)c(=O)c2ccc(C)nc21. The van der Waals surface area contributed by atoms with Crippen LogP contribution in [0.1, 0.15) is 42.7 Å². The van der Waals surface area contributed by atoms with Gasteiger partial charge in [0.25, 0.3) is 5.91 Å². The Morgan fingerprint density at radius 1 is 1.27 bits per heavy atom. The number of aryl methyl sites for hydroxylation is 2. The van der Waals surface area contributed by atoms with E-state index in [9.17, 15) is 14.4 Å². The van der Waals surface area contributed by atoms with E-state index in [-0.39, 0.29) is 11.5 Å². The van der Waals surface area contributed by atoms with Gasteiger partial charge in [0.1, 0.15) is 11.2 Å². The molecule has 26 heavy (non-hydrogen) atoms. The van der Waals surface area contributed by atoms with Gasteiger partial charge in [0.2, 0.25) is 5.43 Å². The summed E-state index contributed by atoms with van der Waals surface area (Å²) < 4.78 is 7.04. The van der Waals surface area contributed by atoms with E-state index in [1.807, 2.05) is 13.8 Å². The van der Waals surface area contributed by atoms with Crippen LogP contribution in [0, 0.1) is 6.92 Å². The van der Waals surface area contributed by atoms with Crippen LogP contribution in [0.3, 0.4) is 0 Å². The van der Waals surface area contributed by atoms with Gasteiger partial charge in [-0.15, -0.1) is 0 Å². The van der Waals surface area contributed by atoms with Crippen LogP contribution in [0.2, 0.25) is 0 Å². The van der Waals surface area contributed by atoms with Gasteiger partial charge >= 0.3 is 5.97 Å². The lowest BCUT2D eigenvalue weighted by atomic mass is 10.2. The quantitative estimate of drug-likeness (QED) is 0.781. The van der Waals surface area contributed by atoms with Gasteiger partial charge in [-0.2, -0.15) is 0 Å². The van der Waals surface area contributed by atoms with Crippen LogP contribution in [0.25, 0.3) is 11.0 Å². The molecule has 138 valence electrons. The average Bonchev–Trinajstić information content (AvgIpc) is 3.15. The molecule has 3 heterocycles. The Bertz CT molecular complexity index is 913. The van der Waals surface area contributed by atoms with Crippen molar-refractivity contribution in [1.29, 1.82) is 0 Å². The second kappa shape index (κ2) is 7.27. The fourth-order valence-corrected chi connectivity index (χ4v) is 3.22. The molecule has 1 unspecified atom stereocenters. The highest BCUT2D eigenvalue weighted by atomic mass is 16.5. The number of nitrogens with zero attached hydrogens (tertiary/aromatic N) is 3. The van der Waals surface area contributed by atoms with Gasteiger partial charge in [0.05, 0.1) is 5.39 Å². The molecule has 0 radical (unpaired) electrons. The molecular weight excluding hydrogens is 334 g/mol. The molecule has 0 saturated carbocycles. The Balaban J connectivity index is 1.90. The van der Waals surface area contributed by atoms with Crippen molar-refractivity contribution >= 4 is 22.9 Å². The number of pyridine rings is 2. The number of amides is 1. The van der Waals surface area contributed by atoms with E-state index in [0.29, 0.717) is 30.7 Å².